The third kappa shape index (κ3) is 5.47. The summed E-state index contributed by atoms with van der Waals surface area (Å²) in [4.78, 5) is 11.9. The van der Waals surface area contributed by atoms with Crippen LogP contribution in [0.4, 0.5) is 13.2 Å². The van der Waals surface area contributed by atoms with Crippen LogP contribution in [0.25, 0.3) is 0 Å². The summed E-state index contributed by atoms with van der Waals surface area (Å²) >= 11 is 0. The molecule has 1 fully saturated rings. The Labute approximate surface area is 123 Å². The second kappa shape index (κ2) is 7.45. The largest absolute Gasteiger partial charge is 0.391 e. The minimum Gasteiger partial charge on any atom is -0.381 e. The van der Waals surface area contributed by atoms with Crippen molar-refractivity contribution in [1.82, 2.24) is 5.32 Å². The van der Waals surface area contributed by atoms with E-state index < -0.39 is 18.1 Å². The Hall–Kier alpha value is -0.820. The van der Waals surface area contributed by atoms with Gasteiger partial charge in [0.25, 0.3) is 0 Å². The van der Waals surface area contributed by atoms with E-state index in [9.17, 15) is 18.0 Å². The highest BCUT2D eigenvalue weighted by molar-refractivity contribution is 5.85. The summed E-state index contributed by atoms with van der Waals surface area (Å²) in [5.74, 6) is -0.364. The molecule has 3 N–H and O–H groups in total. The summed E-state index contributed by atoms with van der Waals surface area (Å²) in [5.41, 5.74) is 4.82. The molecule has 1 rings (SSSR count). The molecule has 2 atom stereocenters. The van der Waals surface area contributed by atoms with Crippen LogP contribution in [0.2, 0.25) is 0 Å². The summed E-state index contributed by atoms with van der Waals surface area (Å²) in [6, 6.07) is 0.115. The molecule has 0 saturated heterocycles. The number of alkyl halides is 3. The Morgan fingerprint density at radius 3 is 2.62 bits per heavy atom. The fraction of sp³-hybridized carbons (Fsp3) is 0.929. The molecule has 0 heterocycles. The lowest BCUT2D eigenvalue weighted by molar-refractivity contribution is -0.145. The summed E-state index contributed by atoms with van der Waals surface area (Å²) in [7, 11) is 0. The average molecular weight is 310 g/mol. The van der Waals surface area contributed by atoms with Crippen molar-refractivity contribution < 1.29 is 22.7 Å². The zero-order chi connectivity index (χ0) is 16.1. The molecule has 0 aliphatic heterocycles. The van der Waals surface area contributed by atoms with Gasteiger partial charge in [0.05, 0.1) is 13.0 Å². The van der Waals surface area contributed by atoms with Crippen LogP contribution in [-0.2, 0) is 9.53 Å². The van der Waals surface area contributed by atoms with E-state index in [1.54, 1.807) is 0 Å². The molecule has 1 amide bonds. The van der Waals surface area contributed by atoms with Gasteiger partial charge in [-0.25, -0.2) is 0 Å². The normalized spacial score (nSPS) is 26.5. The van der Waals surface area contributed by atoms with E-state index in [1.165, 1.54) is 0 Å². The van der Waals surface area contributed by atoms with Gasteiger partial charge in [0, 0.05) is 12.6 Å². The third-order valence-corrected chi connectivity index (χ3v) is 3.95. The molecule has 1 aliphatic rings. The zero-order valence-electron chi connectivity index (χ0n) is 12.6. The first-order valence-corrected chi connectivity index (χ1v) is 7.39. The van der Waals surface area contributed by atoms with Crippen molar-refractivity contribution in [2.45, 2.75) is 63.7 Å². The summed E-state index contributed by atoms with van der Waals surface area (Å²) in [5, 5.41) is 3.26. The maximum Gasteiger partial charge on any atom is 0.391 e. The first-order valence-electron chi connectivity index (χ1n) is 7.39. The number of ether oxygens (including phenoxy) is 1. The third-order valence-electron chi connectivity index (χ3n) is 3.95. The van der Waals surface area contributed by atoms with Gasteiger partial charge in [-0.3, -0.25) is 4.79 Å². The number of halogens is 3. The predicted molar refractivity (Wildman–Crippen MR) is 73.6 cm³/mol. The van der Waals surface area contributed by atoms with Crippen molar-refractivity contribution in [2.24, 2.45) is 11.7 Å². The van der Waals surface area contributed by atoms with E-state index >= 15 is 0 Å². The molecule has 124 valence electrons. The maximum absolute atomic E-state index is 12.0. The monoisotopic (exact) mass is 310 g/mol. The molecule has 0 radical (unpaired) electrons. The van der Waals surface area contributed by atoms with E-state index in [-0.39, 0.29) is 31.1 Å². The number of rotatable bonds is 8. The van der Waals surface area contributed by atoms with Gasteiger partial charge >= 0.3 is 6.18 Å². The van der Waals surface area contributed by atoms with E-state index in [0.717, 1.165) is 12.8 Å². The van der Waals surface area contributed by atoms with Gasteiger partial charge in [-0.1, -0.05) is 6.42 Å². The average Bonchev–Trinajstić information content (AvgIpc) is 2.70. The molecule has 0 spiro atoms. The van der Waals surface area contributed by atoms with E-state index in [0.29, 0.717) is 12.8 Å². The van der Waals surface area contributed by atoms with Gasteiger partial charge in [0.2, 0.25) is 5.91 Å². The van der Waals surface area contributed by atoms with Crippen molar-refractivity contribution in [2.75, 3.05) is 13.2 Å². The van der Waals surface area contributed by atoms with Crippen LogP contribution in [0.5, 0.6) is 0 Å². The maximum atomic E-state index is 12.0. The van der Waals surface area contributed by atoms with Crippen LogP contribution in [0.15, 0.2) is 0 Å². The van der Waals surface area contributed by atoms with Gasteiger partial charge < -0.3 is 15.8 Å². The molecular weight excluding hydrogens is 285 g/mol. The number of hydrogen-bond acceptors (Lipinski definition) is 3. The molecular formula is C14H25F3N2O2. The van der Waals surface area contributed by atoms with Crippen LogP contribution in [0, 0.1) is 5.92 Å². The Bertz CT molecular complexity index is 348. The second-order valence-electron chi connectivity index (χ2n) is 5.99. The summed E-state index contributed by atoms with van der Waals surface area (Å²) in [6.07, 6.45) is -2.19. The lowest BCUT2D eigenvalue weighted by atomic mass is 9.83. The van der Waals surface area contributed by atoms with E-state index in [2.05, 4.69) is 5.32 Å². The van der Waals surface area contributed by atoms with Crippen LogP contribution in [0.1, 0.15) is 46.0 Å². The SMILES string of the molecule is CC(C)NC1(C(N)=O)CCCC1CCOCCC(F)(F)F. The fourth-order valence-corrected chi connectivity index (χ4v) is 3.08. The molecule has 0 bridgehead atoms. The molecule has 0 aromatic carbocycles. The molecule has 1 aliphatic carbocycles. The van der Waals surface area contributed by atoms with E-state index in [1.807, 2.05) is 13.8 Å². The van der Waals surface area contributed by atoms with Crippen molar-refractivity contribution in [3.8, 4) is 0 Å². The number of nitrogens with two attached hydrogens (primary N) is 1. The highest BCUT2D eigenvalue weighted by Crippen LogP contribution is 2.38. The molecule has 2 unspecified atom stereocenters. The number of hydrogen-bond donors (Lipinski definition) is 2. The zero-order valence-corrected chi connectivity index (χ0v) is 12.6. The van der Waals surface area contributed by atoms with E-state index in [4.69, 9.17) is 10.5 Å². The van der Waals surface area contributed by atoms with Crippen molar-refractivity contribution in [3.63, 3.8) is 0 Å². The van der Waals surface area contributed by atoms with Gasteiger partial charge in [0.15, 0.2) is 0 Å². The van der Waals surface area contributed by atoms with Crippen molar-refractivity contribution >= 4 is 5.91 Å². The number of nitrogens with one attached hydrogen (secondary N) is 1. The number of amides is 1. The Morgan fingerprint density at radius 1 is 1.43 bits per heavy atom. The number of primary amides is 1. The topological polar surface area (TPSA) is 64.3 Å². The Balaban J connectivity index is 2.47. The Kier molecular flexibility index (Phi) is 6.46. The highest BCUT2D eigenvalue weighted by atomic mass is 19.4. The summed E-state index contributed by atoms with van der Waals surface area (Å²) < 4.78 is 41.1. The lowest BCUT2D eigenvalue weighted by Crippen LogP contribution is -2.60. The van der Waals surface area contributed by atoms with Crippen LogP contribution in [0.3, 0.4) is 0 Å². The van der Waals surface area contributed by atoms with Crippen molar-refractivity contribution in [3.05, 3.63) is 0 Å². The minimum atomic E-state index is -4.19. The smallest absolute Gasteiger partial charge is 0.381 e. The van der Waals surface area contributed by atoms with Crippen LogP contribution >= 0.6 is 0 Å². The van der Waals surface area contributed by atoms with Gasteiger partial charge in [-0.2, -0.15) is 13.2 Å². The number of carbonyl (C=O) groups is 1. The predicted octanol–water partition coefficient (Wildman–Crippen LogP) is 2.37. The highest BCUT2D eigenvalue weighted by Gasteiger charge is 2.47. The van der Waals surface area contributed by atoms with Gasteiger partial charge in [0.1, 0.15) is 5.54 Å². The second-order valence-corrected chi connectivity index (χ2v) is 5.99. The van der Waals surface area contributed by atoms with Crippen molar-refractivity contribution in [1.29, 1.82) is 0 Å². The molecule has 4 nitrogen and oxygen atoms in total. The molecule has 0 aromatic heterocycles. The van der Waals surface area contributed by atoms with Gasteiger partial charge in [-0.15, -0.1) is 0 Å². The lowest BCUT2D eigenvalue weighted by Gasteiger charge is -2.35. The van der Waals surface area contributed by atoms with Gasteiger partial charge in [-0.05, 0) is 39.0 Å². The first kappa shape index (κ1) is 18.2. The van der Waals surface area contributed by atoms with Crippen LogP contribution < -0.4 is 11.1 Å². The van der Waals surface area contributed by atoms with Crippen LogP contribution in [-0.4, -0.2) is 36.9 Å². The summed E-state index contributed by atoms with van der Waals surface area (Å²) in [6.45, 7) is 3.77. The minimum absolute atomic E-state index is 0.0169. The Morgan fingerprint density at radius 2 is 2.10 bits per heavy atom. The fourth-order valence-electron chi connectivity index (χ4n) is 3.08. The molecule has 7 heteroatoms. The molecule has 1 saturated carbocycles. The standard InChI is InChI=1S/C14H25F3N2O2/c1-10(2)19-13(12(18)20)6-3-4-11(13)5-8-21-9-7-14(15,16)17/h10-11,19H,3-9H2,1-2H3,(H2,18,20). The quantitative estimate of drug-likeness (QED) is 0.677. The molecule has 0 aromatic rings. The number of carbonyl (C=O) groups excluding carboxylic acids is 1. The molecule has 21 heavy (non-hydrogen) atoms. The first-order chi connectivity index (χ1) is 9.67.